The van der Waals surface area contributed by atoms with Gasteiger partial charge in [-0.3, -0.25) is 4.79 Å². The van der Waals surface area contributed by atoms with Crippen molar-refractivity contribution < 1.29 is 9.53 Å². The maximum Gasteiger partial charge on any atom is 0.266 e. The molecule has 0 unspecified atom stereocenters. The summed E-state index contributed by atoms with van der Waals surface area (Å²) in [6.45, 7) is 3.67. The average molecular weight is 493 g/mol. The number of carbonyl (C=O) groups is 1. The van der Waals surface area contributed by atoms with Crippen LogP contribution in [0, 0.1) is 6.92 Å². The number of rotatable bonds is 5. The second-order valence-corrected chi connectivity index (χ2v) is 9.77. The van der Waals surface area contributed by atoms with Gasteiger partial charge in [-0.05, 0) is 66.4 Å². The Hall–Kier alpha value is -4.23. The summed E-state index contributed by atoms with van der Waals surface area (Å²) in [5, 5.41) is 3.97. The SMILES string of the molecule is Cc1c(C(=O)Nc2ccc(Oc3ccccc3)cc2)sc2ncnc(N3CCc4ccccc4C3)c12. The van der Waals surface area contributed by atoms with E-state index in [1.54, 1.807) is 6.33 Å². The second kappa shape index (κ2) is 9.43. The standard InChI is InChI=1S/C29H24N4O2S/c1-19-25-27(33-16-15-20-7-5-6-8-21(20)17-33)30-18-31-29(25)36-26(19)28(34)32-22-11-13-24(14-12-22)35-23-9-3-2-4-10-23/h2-14,18H,15-17H2,1H3,(H,32,34). The van der Waals surface area contributed by atoms with E-state index in [0.29, 0.717) is 16.3 Å². The Balaban J connectivity index is 1.23. The molecule has 1 N–H and O–H groups in total. The van der Waals surface area contributed by atoms with Crippen LogP contribution in [0.4, 0.5) is 11.5 Å². The van der Waals surface area contributed by atoms with Crippen LogP contribution in [-0.2, 0) is 13.0 Å². The van der Waals surface area contributed by atoms with E-state index < -0.39 is 0 Å². The number of hydrogen-bond donors (Lipinski definition) is 1. The molecule has 0 radical (unpaired) electrons. The molecule has 0 spiro atoms. The Bertz CT molecular complexity index is 1550. The Labute approximate surface area is 213 Å². The highest BCUT2D eigenvalue weighted by Gasteiger charge is 2.24. The van der Waals surface area contributed by atoms with Crippen LogP contribution in [0.5, 0.6) is 11.5 Å². The number of nitrogens with one attached hydrogen (secondary N) is 1. The number of anilines is 2. The van der Waals surface area contributed by atoms with E-state index in [-0.39, 0.29) is 5.91 Å². The predicted octanol–water partition coefficient (Wildman–Crippen LogP) is 6.61. The Morgan fingerprint density at radius 2 is 1.64 bits per heavy atom. The molecule has 2 aromatic heterocycles. The molecule has 0 atom stereocenters. The van der Waals surface area contributed by atoms with Crippen molar-refractivity contribution in [2.75, 3.05) is 16.8 Å². The molecule has 0 saturated heterocycles. The van der Waals surface area contributed by atoms with E-state index in [0.717, 1.165) is 46.9 Å². The van der Waals surface area contributed by atoms with E-state index in [9.17, 15) is 4.79 Å². The number of thiophene rings is 1. The summed E-state index contributed by atoms with van der Waals surface area (Å²) in [6.07, 6.45) is 2.57. The largest absolute Gasteiger partial charge is 0.457 e. The molecule has 3 heterocycles. The summed E-state index contributed by atoms with van der Waals surface area (Å²) >= 11 is 1.41. The van der Waals surface area contributed by atoms with Gasteiger partial charge in [-0.15, -0.1) is 11.3 Å². The molecule has 36 heavy (non-hydrogen) atoms. The Morgan fingerprint density at radius 1 is 0.917 bits per heavy atom. The number of benzene rings is 3. The minimum atomic E-state index is -0.151. The van der Waals surface area contributed by atoms with Crippen LogP contribution in [0.1, 0.15) is 26.4 Å². The zero-order chi connectivity index (χ0) is 24.5. The van der Waals surface area contributed by atoms with Crippen LogP contribution in [0.2, 0.25) is 0 Å². The molecule has 7 heteroatoms. The number of aryl methyl sites for hydroxylation is 1. The van der Waals surface area contributed by atoms with Gasteiger partial charge in [-0.1, -0.05) is 42.5 Å². The van der Waals surface area contributed by atoms with Gasteiger partial charge in [0, 0.05) is 18.8 Å². The first kappa shape index (κ1) is 22.2. The zero-order valence-electron chi connectivity index (χ0n) is 19.8. The van der Waals surface area contributed by atoms with Crippen LogP contribution >= 0.6 is 11.3 Å². The van der Waals surface area contributed by atoms with E-state index in [2.05, 4.69) is 44.5 Å². The number of hydrogen-bond acceptors (Lipinski definition) is 6. The van der Waals surface area contributed by atoms with Crippen molar-refractivity contribution in [3.05, 3.63) is 107 Å². The summed E-state index contributed by atoms with van der Waals surface area (Å²) in [7, 11) is 0. The lowest BCUT2D eigenvalue weighted by atomic mass is 9.99. The molecular formula is C29H24N4O2S. The Morgan fingerprint density at radius 3 is 2.44 bits per heavy atom. The smallest absolute Gasteiger partial charge is 0.266 e. The highest BCUT2D eigenvalue weighted by molar-refractivity contribution is 7.20. The lowest BCUT2D eigenvalue weighted by Crippen LogP contribution is -2.31. The van der Waals surface area contributed by atoms with E-state index in [4.69, 9.17) is 4.74 Å². The van der Waals surface area contributed by atoms with Gasteiger partial charge in [0.25, 0.3) is 5.91 Å². The molecule has 1 aliphatic heterocycles. The molecule has 0 aliphatic carbocycles. The van der Waals surface area contributed by atoms with Gasteiger partial charge in [-0.2, -0.15) is 0 Å². The minimum absolute atomic E-state index is 0.151. The molecule has 0 fully saturated rings. The Kier molecular flexibility index (Phi) is 5.83. The van der Waals surface area contributed by atoms with Gasteiger partial charge < -0.3 is 15.0 Å². The van der Waals surface area contributed by atoms with Crippen molar-refractivity contribution in [3.63, 3.8) is 0 Å². The number of ether oxygens (including phenoxy) is 1. The van der Waals surface area contributed by atoms with Gasteiger partial charge >= 0.3 is 0 Å². The number of amides is 1. The van der Waals surface area contributed by atoms with Gasteiger partial charge in [0.2, 0.25) is 0 Å². The first-order chi connectivity index (χ1) is 17.7. The summed E-state index contributed by atoms with van der Waals surface area (Å²) in [5.41, 5.74) is 4.32. The number of para-hydroxylation sites is 1. The van der Waals surface area contributed by atoms with Crippen molar-refractivity contribution >= 4 is 39.0 Å². The molecule has 178 valence electrons. The quantitative estimate of drug-likeness (QED) is 0.299. The maximum atomic E-state index is 13.2. The molecule has 0 bridgehead atoms. The molecule has 6 nitrogen and oxygen atoms in total. The number of nitrogens with zero attached hydrogens (tertiary/aromatic N) is 3. The zero-order valence-corrected chi connectivity index (χ0v) is 20.6. The summed E-state index contributed by atoms with van der Waals surface area (Å²) < 4.78 is 5.84. The van der Waals surface area contributed by atoms with Gasteiger partial charge in [0.15, 0.2) is 0 Å². The minimum Gasteiger partial charge on any atom is -0.457 e. The summed E-state index contributed by atoms with van der Waals surface area (Å²) in [5.74, 6) is 2.22. The van der Waals surface area contributed by atoms with E-state index in [1.807, 2.05) is 61.5 Å². The van der Waals surface area contributed by atoms with Gasteiger partial charge in [-0.25, -0.2) is 9.97 Å². The van der Waals surface area contributed by atoms with E-state index in [1.165, 1.54) is 22.5 Å². The van der Waals surface area contributed by atoms with Crippen LogP contribution < -0.4 is 15.0 Å². The van der Waals surface area contributed by atoms with Crippen molar-refractivity contribution in [2.45, 2.75) is 19.9 Å². The monoisotopic (exact) mass is 492 g/mol. The fourth-order valence-electron chi connectivity index (χ4n) is 4.60. The first-order valence-corrected chi connectivity index (χ1v) is 12.7. The lowest BCUT2D eigenvalue weighted by molar-refractivity contribution is 0.103. The number of carbonyl (C=O) groups excluding carboxylic acids is 1. The molecule has 1 aliphatic rings. The normalized spacial score (nSPS) is 12.9. The first-order valence-electron chi connectivity index (χ1n) is 11.9. The summed E-state index contributed by atoms with van der Waals surface area (Å²) in [4.78, 5) is 26.1. The average Bonchev–Trinajstić information content (AvgIpc) is 3.27. The summed E-state index contributed by atoms with van der Waals surface area (Å²) in [6, 6.07) is 25.5. The molecule has 6 rings (SSSR count). The molecular weight excluding hydrogens is 468 g/mol. The van der Waals surface area contributed by atoms with Crippen LogP contribution in [-0.4, -0.2) is 22.4 Å². The van der Waals surface area contributed by atoms with E-state index >= 15 is 0 Å². The topological polar surface area (TPSA) is 67.3 Å². The third-order valence-electron chi connectivity index (χ3n) is 6.43. The second-order valence-electron chi connectivity index (χ2n) is 8.77. The maximum absolute atomic E-state index is 13.2. The third-order valence-corrected chi connectivity index (χ3v) is 7.63. The van der Waals surface area contributed by atoms with Gasteiger partial charge in [0.1, 0.15) is 28.5 Å². The third kappa shape index (κ3) is 4.29. The predicted molar refractivity (Wildman–Crippen MR) is 144 cm³/mol. The number of fused-ring (bicyclic) bond motifs is 2. The van der Waals surface area contributed by atoms with Crippen LogP contribution in [0.3, 0.4) is 0 Å². The fraction of sp³-hybridized carbons (Fsp3) is 0.138. The lowest BCUT2D eigenvalue weighted by Gasteiger charge is -2.30. The molecule has 5 aromatic rings. The highest BCUT2D eigenvalue weighted by Crippen LogP contribution is 2.37. The molecule has 1 amide bonds. The van der Waals surface area contributed by atoms with Crippen LogP contribution in [0.15, 0.2) is 85.2 Å². The van der Waals surface area contributed by atoms with Crippen molar-refractivity contribution in [1.82, 2.24) is 9.97 Å². The highest BCUT2D eigenvalue weighted by atomic mass is 32.1. The fourth-order valence-corrected chi connectivity index (χ4v) is 5.64. The van der Waals surface area contributed by atoms with Gasteiger partial charge in [0.05, 0.1) is 10.3 Å². The van der Waals surface area contributed by atoms with Crippen LogP contribution in [0.25, 0.3) is 10.2 Å². The van der Waals surface area contributed by atoms with Crippen molar-refractivity contribution in [1.29, 1.82) is 0 Å². The number of aromatic nitrogens is 2. The van der Waals surface area contributed by atoms with Crippen molar-refractivity contribution in [2.24, 2.45) is 0 Å². The van der Waals surface area contributed by atoms with Crippen molar-refractivity contribution in [3.8, 4) is 11.5 Å². The molecule has 0 saturated carbocycles. The molecule has 3 aromatic carbocycles.